The molecule has 0 bridgehead atoms. The predicted octanol–water partition coefficient (Wildman–Crippen LogP) is 1.92. The van der Waals surface area contributed by atoms with Crippen LogP contribution in [0.1, 0.15) is 47.0 Å². The SMILES string of the molecule is CCN(CC(C)(C)CN)C1CC(C)N(C2CC2)C1. The number of likely N-dealkylation sites (tertiary alicyclic amines) is 1. The maximum atomic E-state index is 5.88. The van der Waals surface area contributed by atoms with Crippen molar-refractivity contribution in [1.82, 2.24) is 9.80 Å². The summed E-state index contributed by atoms with van der Waals surface area (Å²) >= 11 is 0. The second-order valence-corrected chi connectivity index (χ2v) is 7.10. The lowest BCUT2D eigenvalue weighted by molar-refractivity contribution is 0.138. The third kappa shape index (κ3) is 3.25. The van der Waals surface area contributed by atoms with Crippen LogP contribution >= 0.6 is 0 Å². The topological polar surface area (TPSA) is 32.5 Å². The Morgan fingerprint density at radius 1 is 1.33 bits per heavy atom. The van der Waals surface area contributed by atoms with Gasteiger partial charge in [0.25, 0.3) is 0 Å². The molecule has 0 aromatic heterocycles. The maximum Gasteiger partial charge on any atom is 0.0238 e. The van der Waals surface area contributed by atoms with Crippen molar-refractivity contribution >= 4 is 0 Å². The molecule has 0 aromatic rings. The molecule has 3 heteroatoms. The third-order valence-corrected chi connectivity index (χ3v) is 4.72. The molecule has 0 radical (unpaired) electrons. The Hall–Kier alpha value is -0.120. The van der Waals surface area contributed by atoms with Crippen molar-refractivity contribution in [1.29, 1.82) is 0 Å². The molecular formula is C15H31N3. The molecule has 0 spiro atoms. The van der Waals surface area contributed by atoms with Crippen LogP contribution in [0.4, 0.5) is 0 Å². The summed E-state index contributed by atoms with van der Waals surface area (Å²) in [5, 5.41) is 0. The van der Waals surface area contributed by atoms with Crippen molar-refractivity contribution in [2.24, 2.45) is 11.1 Å². The fourth-order valence-electron chi connectivity index (χ4n) is 3.32. The van der Waals surface area contributed by atoms with E-state index in [9.17, 15) is 0 Å². The standard InChI is InChI=1S/C15H31N3/c1-5-17(11-15(3,4)10-16)14-8-12(2)18(9-14)13-6-7-13/h12-14H,5-11,16H2,1-4H3. The number of likely N-dealkylation sites (N-methyl/N-ethyl adjacent to an activating group) is 1. The largest absolute Gasteiger partial charge is 0.330 e. The zero-order valence-electron chi connectivity index (χ0n) is 12.7. The van der Waals surface area contributed by atoms with Gasteiger partial charge in [-0.25, -0.2) is 0 Å². The van der Waals surface area contributed by atoms with Crippen LogP contribution in [-0.2, 0) is 0 Å². The molecule has 106 valence electrons. The molecule has 1 aliphatic carbocycles. The molecule has 2 rings (SSSR count). The number of hydrogen-bond donors (Lipinski definition) is 1. The lowest BCUT2D eigenvalue weighted by Crippen LogP contribution is -2.45. The lowest BCUT2D eigenvalue weighted by atomic mass is 9.92. The Morgan fingerprint density at radius 2 is 2.00 bits per heavy atom. The summed E-state index contributed by atoms with van der Waals surface area (Å²) in [5.74, 6) is 0. The molecule has 0 amide bonds. The van der Waals surface area contributed by atoms with Gasteiger partial charge in [-0.3, -0.25) is 9.80 Å². The van der Waals surface area contributed by atoms with E-state index in [-0.39, 0.29) is 5.41 Å². The fourth-order valence-corrected chi connectivity index (χ4v) is 3.32. The van der Waals surface area contributed by atoms with Crippen LogP contribution in [0.15, 0.2) is 0 Å². The van der Waals surface area contributed by atoms with Gasteiger partial charge in [-0.2, -0.15) is 0 Å². The minimum Gasteiger partial charge on any atom is -0.330 e. The summed E-state index contributed by atoms with van der Waals surface area (Å²) in [7, 11) is 0. The highest BCUT2D eigenvalue weighted by molar-refractivity contribution is 4.97. The average Bonchev–Trinajstić information content (AvgIpc) is 3.10. The van der Waals surface area contributed by atoms with Gasteiger partial charge in [-0.1, -0.05) is 20.8 Å². The number of nitrogens with two attached hydrogens (primary N) is 1. The van der Waals surface area contributed by atoms with Gasteiger partial charge in [0, 0.05) is 31.2 Å². The molecule has 0 aromatic carbocycles. The van der Waals surface area contributed by atoms with Crippen molar-refractivity contribution in [2.75, 3.05) is 26.2 Å². The van der Waals surface area contributed by atoms with Crippen molar-refractivity contribution in [3.05, 3.63) is 0 Å². The molecule has 2 N–H and O–H groups in total. The molecule has 2 aliphatic rings. The van der Waals surface area contributed by atoms with Crippen molar-refractivity contribution in [3.63, 3.8) is 0 Å². The molecule has 2 fully saturated rings. The van der Waals surface area contributed by atoms with E-state index in [2.05, 4.69) is 37.5 Å². The van der Waals surface area contributed by atoms with Gasteiger partial charge in [-0.05, 0) is 44.7 Å². The molecule has 1 aliphatic heterocycles. The van der Waals surface area contributed by atoms with Crippen molar-refractivity contribution in [2.45, 2.75) is 65.1 Å². The first kappa shape index (κ1) is 14.3. The Balaban J connectivity index is 1.92. The van der Waals surface area contributed by atoms with Crippen LogP contribution in [-0.4, -0.2) is 54.1 Å². The highest BCUT2D eigenvalue weighted by Crippen LogP contribution is 2.35. The number of rotatable bonds is 6. The molecule has 2 atom stereocenters. The summed E-state index contributed by atoms with van der Waals surface area (Å²) < 4.78 is 0. The zero-order chi connectivity index (χ0) is 13.3. The normalized spacial score (nSPS) is 30.3. The van der Waals surface area contributed by atoms with E-state index >= 15 is 0 Å². The van der Waals surface area contributed by atoms with Gasteiger partial charge in [0.05, 0.1) is 0 Å². The van der Waals surface area contributed by atoms with E-state index in [1.807, 2.05) is 0 Å². The molecular weight excluding hydrogens is 222 g/mol. The summed E-state index contributed by atoms with van der Waals surface area (Å²) in [5.41, 5.74) is 6.13. The van der Waals surface area contributed by atoms with E-state index in [0.717, 1.165) is 37.8 Å². The van der Waals surface area contributed by atoms with Gasteiger partial charge in [0.1, 0.15) is 0 Å². The van der Waals surface area contributed by atoms with Crippen LogP contribution in [0.25, 0.3) is 0 Å². The average molecular weight is 253 g/mol. The fraction of sp³-hybridized carbons (Fsp3) is 1.00. The Morgan fingerprint density at radius 3 is 2.50 bits per heavy atom. The molecule has 1 saturated heterocycles. The van der Waals surface area contributed by atoms with E-state index in [1.165, 1.54) is 25.8 Å². The van der Waals surface area contributed by atoms with Crippen LogP contribution in [0, 0.1) is 5.41 Å². The van der Waals surface area contributed by atoms with E-state index in [1.54, 1.807) is 0 Å². The highest BCUT2D eigenvalue weighted by Gasteiger charge is 2.40. The first-order chi connectivity index (χ1) is 8.46. The number of hydrogen-bond acceptors (Lipinski definition) is 3. The summed E-state index contributed by atoms with van der Waals surface area (Å²) in [6.45, 7) is 13.6. The van der Waals surface area contributed by atoms with Crippen LogP contribution in [0.5, 0.6) is 0 Å². The third-order valence-electron chi connectivity index (χ3n) is 4.72. The van der Waals surface area contributed by atoms with Gasteiger partial charge in [-0.15, -0.1) is 0 Å². The van der Waals surface area contributed by atoms with Gasteiger partial charge >= 0.3 is 0 Å². The van der Waals surface area contributed by atoms with Gasteiger partial charge in [0.2, 0.25) is 0 Å². The van der Waals surface area contributed by atoms with Crippen LogP contribution in [0.3, 0.4) is 0 Å². The second kappa shape index (κ2) is 5.48. The maximum absolute atomic E-state index is 5.88. The molecule has 1 saturated carbocycles. The van der Waals surface area contributed by atoms with Crippen molar-refractivity contribution in [3.8, 4) is 0 Å². The Bertz CT molecular complexity index is 273. The first-order valence-electron chi connectivity index (χ1n) is 7.66. The Kier molecular flexibility index (Phi) is 4.35. The summed E-state index contributed by atoms with van der Waals surface area (Å²) in [6, 6.07) is 2.43. The second-order valence-electron chi connectivity index (χ2n) is 7.10. The van der Waals surface area contributed by atoms with Gasteiger partial charge in [0.15, 0.2) is 0 Å². The van der Waals surface area contributed by atoms with Crippen LogP contribution < -0.4 is 5.73 Å². The first-order valence-corrected chi connectivity index (χ1v) is 7.66. The quantitative estimate of drug-likeness (QED) is 0.785. The summed E-state index contributed by atoms with van der Waals surface area (Å²) in [4.78, 5) is 5.40. The zero-order valence-corrected chi connectivity index (χ0v) is 12.7. The van der Waals surface area contributed by atoms with Gasteiger partial charge < -0.3 is 5.73 Å². The van der Waals surface area contributed by atoms with Crippen molar-refractivity contribution < 1.29 is 0 Å². The highest BCUT2D eigenvalue weighted by atomic mass is 15.3. The van der Waals surface area contributed by atoms with E-state index < -0.39 is 0 Å². The smallest absolute Gasteiger partial charge is 0.0238 e. The molecule has 2 unspecified atom stereocenters. The molecule has 1 heterocycles. The summed E-state index contributed by atoms with van der Waals surface area (Å²) in [6.07, 6.45) is 4.19. The molecule has 3 nitrogen and oxygen atoms in total. The van der Waals surface area contributed by atoms with E-state index in [0.29, 0.717) is 0 Å². The molecule has 18 heavy (non-hydrogen) atoms. The van der Waals surface area contributed by atoms with Crippen LogP contribution in [0.2, 0.25) is 0 Å². The lowest BCUT2D eigenvalue weighted by Gasteiger charge is -2.35. The minimum absolute atomic E-state index is 0.242. The predicted molar refractivity (Wildman–Crippen MR) is 77.7 cm³/mol. The Labute approximate surface area is 113 Å². The number of nitrogens with zero attached hydrogens (tertiary/aromatic N) is 2. The van der Waals surface area contributed by atoms with E-state index in [4.69, 9.17) is 5.73 Å². The minimum atomic E-state index is 0.242. The monoisotopic (exact) mass is 253 g/mol.